The van der Waals surface area contributed by atoms with Gasteiger partial charge in [0.2, 0.25) is 0 Å². The number of nitrogens with one attached hydrogen (secondary N) is 1. The second-order valence-electron chi connectivity index (χ2n) is 7.37. The highest BCUT2D eigenvalue weighted by Gasteiger charge is 2.36. The largest absolute Gasteiger partial charge is 0.469 e. The number of aryl methyl sites for hydroxylation is 2. The average molecular weight is 506 g/mol. The molecule has 2 aliphatic heterocycles. The van der Waals surface area contributed by atoms with Crippen molar-refractivity contribution in [1.29, 1.82) is 0 Å². The molecule has 1 fully saturated rings. The summed E-state index contributed by atoms with van der Waals surface area (Å²) in [7, 11) is 3.17. The van der Waals surface area contributed by atoms with Gasteiger partial charge in [-0.25, -0.2) is 9.48 Å². The zero-order chi connectivity index (χ0) is 19.4. The van der Waals surface area contributed by atoms with Crippen LogP contribution in [0.3, 0.4) is 0 Å². The SMILES string of the molecule is CN=C(NCCCn1nc2n(c1=O)CCCC2)N1CC(C)C(C(=O)OC)C1.I. The van der Waals surface area contributed by atoms with E-state index in [2.05, 4.69) is 27.2 Å². The summed E-state index contributed by atoms with van der Waals surface area (Å²) in [6.07, 6.45) is 3.83. The van der Waals surface area contributed by atoms with Gasteiger partial charge in [-0.15, -0.1) is 24.0 Å². The van der Waals surface area contributed by atoms with Gasteiger partial charge in [0.1, 0.15) is 5.82 Å². The van der Waals surface area contributed by atoms with Crippen LogP contribution in [-0.2, 0) is 29.0 Å². The number of esters is 1. The Hall–Kier alpha value is -1.59. The van der Waals surface area contributed by atoms with Crippen LogP contribution in [-0.4, -0.2) is 65.0 Å². The number of guanidine groups is 1. The number of rotatable bonds is 5. The fraction of sp³-hybridized carbons (Fsp3) is 0.778. The van der Waals surface area contributed by atoms with Crippen molar-refractivity contribution in [3.8, 4) is 0 Å². The number of hydrogen-bond acceptors (Lipinski definition) is 5. The fourth-order valence-corrected chi connectivity index (χ4v) is 3.95. The van der Waals surface area contributed by atoms with Crippen molar-refractivity contribution in [2.24, 2.45) is 16.8 Å². The van der Waals surface area contributed by atoms with Gasteiger partial charge in [0.25, 0.3) is 0 Å². The predicted molar refractivity (Wildman–Crippen MR) is 117 cm³/mol. The average Bonchev–Trinajstić information content (AvgIpc) is 3.22. The molecule has 2 unspecified atom stereocenters. The van der Waals surface area contributed by atoms with E-state index in [0.29, 0.717) is 19.6 Å². The Kier molecular flexibility index (Phi) is 8.32. The predicted octanol–water partition coefficient (Wildman–Crippen LogP) is 0.706. The summed E-state index contributed by atoms with van der Waals surface area (Å²) in [6, 6.07) is 0. The number of halogens is 1. The van der Waals surface area contributed by atoms with E-state index in [-0.39, 0.29) is 47.5 Å². The molecule has 1 aromatic rings. The normalized spacial score (nSPS) is 21.8. The van der Waals surface area contributed by atoms with Gasteiger partial charge in [-0.3, -0.25) is 14.4 Å². The van der Waals surface area contributed by atoms with Crippen LogP contribution in [0.5, 0.6) is 0 Å². The molecule has 0 aromatic carbocycles. The van der Waals surface area contributed by atoms with E-state index in [0.717, 1.165) is 50.6 Å². The quantitative estimate of drug-likeness (QED) is 0.208. The monoisotopic (exact) mass is 506 g/mol. The minimum absolute atomic E-state index is 0. The van der Waals surface area contributed by atoms with E-state index in [4.69, 9.17) is 4.74 Å². The smallest absolute Gasteiger partial charge is 0.345 e. The van der Waals surface area contributed by atoms with Gasteiger partial charge in [0.15, 0.2) is 5.96 Å². The summed E-state index contributed by atoms with van der Waals surface area (Å²) in [5.41, 5.74) is 0.00312. The lowest BCUT2D eigenvalue weighted by atomic mass is 9.99. The van der Waals surface area contributed by atoms with Crippen molar-refractivity contribution in [2.45, 2.75) is 45.7 Å². The van der Waals surface area contributed by atoms with E-state index >= 15 is 0 Å². The van der Waals surface area contributed by atoms with Crippen molar-refractivity contribution in [1.82, 2.24) is 24.6 Å². The molecule has 1 N–H and O–H groups in total. The molecule has 2 aliphatic rings. The van der Waals surface area contributed by atoms with Crippen LogP contribution < -0.4 is 11.0 Å². The highest BCUT2D eigenvalue weighted by molar-refractivity contribution is 14.0. The summed E-state index contributed by atoms with van der Waals surface area (Å²) in [5, 5.41) is 7.80. The minimum Gasteiger partial charge on any atom is -0.469 e. The lowest BCUT2D eigenvalue weighted by molar-refractivity contribution is -0.145. The third-order valence-corrected chi connectivity index (χ3v) is 5.49. The van der Waals surface area contributed by atoms with Crippen LogP contribution >= 0.6 is 24.0 Å². The number of likely N-dealkylation sites (tertiary alicyclic amines) is 1. The molecule has 28 heavy (non-hydrogen) atoms. The van der Waals surface area contributed by atoms with Crippen LogP contribution in [0.15, 0.2) is 9.79 Å². The first kappa shape index (κ1) is 22.7. The van der Waals surface area contributed by atoms with E-state index in [1.165, 1.54) is 7.11 Å². The molecule has 1 aromatic heterocycles. The molecule has 0 spiro atoms. The number of ether oxygens (including phenoxy) is 1. The number of carbonyl (C=O) groups excluding carboxylic acids is 1. The van der Waals surface area contributed by atoms with Crippen LogP contribution in [0.4, 0.5) is 0 Å². The highest BCUT2D eigenvalue weighted by atomic mass is 127. The second-order valence-corrected chi connectivity index (χ2v) is 7.37. The van der Waals surface area contributed by atoms with E-state index in [1.54, 1.807) is 16.3 Å². The van der Waals surface area contributed by atoms with Crippen molar-refractivity contribution in [3.05, 3.63) is 16.3 Å². The fourth-order valence-electron chi connectivity index (χ4n) is 3.95. The Labute approximate surface area is 182 Å². The Balaban J connectivity index is 0.00000280. The molecule has 9 nitrogen and oxygen atoms in total. The number of carbonyl (C=O) groups is 1. The molecule has 0 radical (unpaired) electrons. The molecule has 0 bridgehead atoms. The Morgan fingerprint density at radius 1 is 1.36 bits per heavy atom. The summed E-state index contributed by atoms with van der Waals surface area (Å²) >= 11 is 0. The Morgan fingerprint density at radius 2 is 2.14 bits per heavy atom. The summed E-state index contributed by atoms with van der Waals surface area (Å²) in [4.78, 5) is 30.6. The first-order valence-corrected chi connectivity index (χ1v) is 9.75. The van der Waals surface area contributed by atoms with Gasteiger partial charge in [0, 0.05) is 46.2 Å². The van der Waals surface area contributed by atoms with Gasteiger partial charge in [0.05, 0.1) is 13.0 Å². The molecule has 158 valence electrons. The maximum Gasteiger partial charge on any atom is 0.345 e. The van der Waals surface area contributed by atoms with Gasteiger partial charge < -0.3 is 15.0 Å². The van der Waals surface area contributed by atoms with Crippen molar-refractivity contribution in [3.63, 3.8) is 0 Å². The maximum absolute atomic E-state index is 12.3. The number of methoxy groups -OCH3 is 1. The molecule has 1 saturated heterocycles. The van der Waals surface area contributed by atoms with Crippen molar-refractivity contribution < 1.29 is 9.53 Å². The van der Waals surface area contributed by atoms with Gasteiger partial charge in [-0.1, -0.05) is 6.92 Å². The summed E-state index contributed by atoms with van der Waals surface area (Å²) < 4.78 is 8.27. The van der Waals surface area contributed by atoms with Gasteiger partial charge in [-0.05, 0) is 25.2 Å². The lowest BCUT2D eigenvalue weighted by Crippen LogP contribution is -2.41. The Bertz CT molecular complexity index is 759. The van der Waals surface area contributed by atoms with E-state index < -0.39 is 0 Å². The number of fused-ring (bicyclic) bond motifs is 1. The number of aromatic nitrogens is 3. The van der Waals surface area contributed by atoms with Gasteiger partial charge in [-0.2, -0.15) is 5.10 Å². The molecule has 2 atom stereocenters. The molecule has 0 aliphatic carbocycles. The highest BCUT2D eigenvalue weighted by Crippen LogP contribution is 2.24. The summed E-state index contributed by atoms with van der Waals surface area (Å²) in [5.74, 6) is 1.64. The molecule has 3 heterocycles. The molecule has 0 amide bonds. The van der Waals surface area contributed by atoms with Crippen LogP contribution in [0.25, 0.3) is 0 Å². The van der Waals surface area contributed by atoms with Gasteiger partial charge >= 0.3 is 11.7 Å². The van der Waals surface area contributed by atoms with Crippen molar-refractivity contribution in [2.75, 3.05) is 33.8 Å². The first-order chi connectivity index (χ1) is 13.0. The molecular weight excluding hydrogens is 475 g/mol. The van der Waals surface area contributed by atoms with Crippen LogP contribution in [0, 0.1) is 11.8 Å². The zero-order valence-corrected chi connectivity index (χ0v) is 19.2. The van der Waals surface area contributed by atoms with E-state index in [1.807, 2.05) is 0 Å². The topological polar surface area (TPSA) is 93.8 Å². The Morgan fingerprint density at radius 3 is 2.82 bits per heavy atom. The molecular formula is C18H31IN6O3. The van der Waals surface area contributed by atoms with E-state index in [9.17, 15) is 9.59 Å². The minimum atomic E-state index is -0.163. The maximum atomic E-state index is 12.3. The standard InChI is InChI=1S/C18H30N6O3.HI/c1-13-11-22(12-14(13)16(25)27-3)17(19-2)20-8-6-10-24-18(26)23-9-5-4-7-15(23)21-24;/h13-14H,4-12H2,1-3H3,(H,19,20);1H. The number of hydrogen-bond donors (Lipinski definition) is 1. The second kappa shape index (κ2) is 10.3. The van der Waals surface area contributed by atoms with Crippen LogP contribution in [0.1, 0.15) is 32.0 Å². The third kappa shape index (κ3) is 4.87. The van der Waals surface area contributed by atoms with Crippen LogP contribution in [0.2, 0.25) is 0 Å². The zero-order valence-electron chi connectivity index (χ0n) is 16.9. The molecule has 3 rings (SSSR count). The molecule has 0 saturated carbocycles. The van der Waals surface area contributed by atoms with Crippen molar-refractivity contribution >= 4 is 35.9 Å². The summed E-state index contributed by atoms with van der Waals surface area (Å²) in [6.45, 7) is 5.50. The third-order valence-electron chi connectivity index (χ3n) is 5.49. The first-order valence-electron chi connectivity index (χ1n) is 9.75. The molecule has 10 heteroatoms. The number of aliphatic imine (C=N–C) groups is 1. The number of nitrogens with zero attached hydrogens (tertiary/aromatic N) is 5. The lowest BCUT2D eigenvalue weighted by Gasteiger charge is -2.21.